The molecular formula is C18H19Cl2N5O2. The summed E-state index contributed by atoms with van der Waals surface area (Å²) in [5.41, 5.74) is 1.86. The summed E-state index contributed by atoms with van der Waals surface area (Å²) in [5, 5.41) is 15.5. The van der Waals surface area contributed by atoms with Gasteiger partial charge in [-0.1, -0.05) is 40.4 Å². The fraction of sp³-hybridized carbons (Fsp3) is 0.278. The van der Waals surface area contributed by atoms with Crippen molar-refractivity contribution in [3.63, 3.8) is 0 Å². The normalized spacial score (nSPS) is 10.7. The predicted molar refractivity (Wildman–Crippen MR) is 105 cm³/mol. The quantitative estimate of drug-likeness (QED) is 0.605. The first kappa shape index (κ1) is 19.3. The number of benzene rings is 2. The van der Waals surface area contributed by atoms with E-state index in [9.17, 15) is 0 Å². The molecule has 27 heavy (non-hydrogen) atoms. The fourth-order valence-corrected chi connectivity index (χ4v) is 2.97. The van der Waals surface area contributed by atoms with Gasteiger partial charge >= 0.3 is 0 Å². The molecule has 0 fully saturated rings. The number of aromatic nitrogens is 4. The average molecular weight is 408 g/mol. The van der Waals surface area contributed by atoms with Crippen LogP contribution in [0.3, 0.4) is 0 Å². The van der Waals surface area contributed by atoms with E-state index in [2.05, 4.69) is 20.8 Å². The molecule has 2 aromatic carbocycles. The second-order valence-electron chi connectivity index (χ2n) is 5.74. The van der Waals surface area contributed by atoms with Crippen molar-refractivity contribution in [2.24, 2.45) is 7.05 Å². The van der Waals surface area contributed by atoms with Crippen LogP contribution >= 0.6 is 23.2 Å². The summed E-state index contributed by atoms with van der Waals surface area (Å²) in [6, 6.07) is 11.2. The number of nitrogens with zero attached hydrogens (tertiary/aromatic N) is 4. The number of hydrogen-bond acceptors (Lipinski definition) is 6. The molecule has 9 heteroatoms. The van der Waals surface area contributed by atoms with Crippen molar-refractivity contribution in [2.45, 2.75) is 20.1 Å². The molecule has 142 valence electrons. The molecule has 0 bridgehead atoms. The number of aryl methyl sites for hydroxylation is 1. The molecule has 0 amide bonds. The van der Waals surface area contributed by atoms with Gasteiger partial charge in [-0.2, -0.15) is 0 Å². The molecule has 0 unspecified atom stereocenters. The molecule has 1 heterocycles. The molecule has 0 saturated heterocycles. The van der Waals surface area contributed by atoms with E-state index in [0.29, 0.717) is 47.3 Å². The molecule has 0 saturated carbocycles. The standard InChI is InChI=1S/C18H19Cl2N5O2/c1-3-26-16-9-13(10-21-18-22-23-24-25(18)2)8-15(20)17(16)27-11-12-5-4-6-14(19)7-12/h4-9H,3,10-11H2,1-2H3,(H,21,22,24). The molecule has 7 nitrogen and oxygen atoms in total. The first-order valence-corrected chi connectivity index (χ1v) is 9.11. The molecule has 0 aliphatic rings. The van der Waals surface area contributed by atoms with Crippen LogP contribution in [0.5, 0.6) is 11.5 Å². The Morgan fingerprint density at radius 1 is 1.11 bits per heavy atom. The average Bonchev–Trinajstić information content (AvgIpc) is 3.04. The second kappa shape index (κ2) is 8.92. The fourth-order valence-electron chi connectivity index (χ4n) is 2.47. The molecule has 0 aliphatic heterocycles. The lowest BCUT2D eigenvalue weighted by Gasteiger charge is -2.16. The van der Waals surface area contributed by atoms with Crippen LogP contribution in [0.2, 0.25) is 10.0 Å². The third-order valence-corrected chi connectivity index (χ3v) is 4.23. The first-order valence-electron chi connectivity index (χ1n) is 8.35. The Labute approximate surface area is 167 Å². The number of ether oxygens (including phenoxy) is 2. The molecule has 3 aromatic rings. The minimum absolute atomic E-state index is 0.336. The highest BCUT2D eigenvalue weighted by Crippen LogP contribution is 2.37. The summed E-state index contributed by atoms with van der Waals surface area (Å²) in [6.07, 6.45) is 0. The number of tetrazole rings is 1. The second-order valence-corrected chi connectivity index (χ2v) is 6.58. The minimum atomic E-state index is 0.336. The monoisotopic (exact) mass is 407 g/mol. The van der Waals surface area contributed by atoms with E-state index < -0.39 is 0 Å². The van der Waals surface area contributed by atoms with Crippen molar-refractivity contribution < 1.29 is 9.47 Å². The molecule has 1 aromatic heterocycles. The van der Waals surface area contributed by atoms with Crippen LogP contribution in [-0.4, -0.2) is 26.8 Å². The molecular weight excluding hydrogens is 389 g/mol. The highest BCUT2D eigenvalue weighted by molar-refractivity contribution is 6.32. The van der Waals surface area contributed by atoms with Gasteiger partial charge in [-0.05, 0) is 52.7 Å². The Kier molecular flexibility index (Phi) is 6.36. The summed E-state index contributed by atoms with van der Waals surface area (Å²) < 4.78 is 13.2. The van der Waals surface area contributed by atoms with E-state index in [4.69, 9.17) is 32.7 Å². The van der Waals surface area contributed by atoms with E-state index in [1.165, 1.54) is 0 Å². The van der Waals surface area contributed by atoms with Crippen LogP contribution in [0.4, 0.5) is 5.95 Å². The van der Waals surface area contributed by atoms with Gasteiger partial charge in [0.15, 0.2) is 11.5 Å². The van der Waals surface area contributed by atoms with Crippen molar-refractivity contribution in [3.8, 4) is 11.5 Å². The van der Waals surface area contributed by atoms with Crippen LogP contribution in [0.1, 0.15) is 18.1 Å². The molecule has 1 N–H and O–H groups in total. The van der Waals surface area contributed by atoms with Crippen LogP contribution in [0.25, 0.3) is 0 Å². The Bertz CT molecular complexity index is 917. The van der Waals surface area contributed by atoms with Gasteiger partial charge in [0.05, 0.1) is 11.6 Å². The third-order valence-electron chi connectivity index (χ3n) is 3.71. The zero-order chi connectivity index (χ0) is 19.2. The van der Waals surface area contributed by atoms with Crippen molar-refractivity contribution in [1.29, 1.82) is 0 Å². The van der Waals surface area contributed by atoms with Gasteiger partial charge in [-0.25, -0.2) is 4.68 Å². The smallest absolute Gasteiger partial charge is 0.242 e. The van der Waals surface area contributed by atoms with Crippen molar-refractivity contribution in [2.75, 3.05) is 11.9 Å². The van der Waals surface area contributed by atoms with Crippen LogP contribution in [0.15, 0.2) is 36.4 Å². The SMILES string of the molecule is CCOc1cc(CNc2nnnn2C)cc(Cl)c1OCc1cccc(Cl)c1. The zero-order valence-corrected chi connectivity index (χ0v) is 16.5. The number of halogens is 2. The Hall–Kier alpha value is -2.51. The van der Waals surface area contributed by atoms with Crippen molar-refractivity contribution in [1.82, 2.24) is 20.2 Å². The predicted octanol–water partition coefficient (Wildman–Crippen LogP) is 4.11. The zero-order valence-electron chi connectivity index (χ0n) is 14.9. The maximum absolute atomic E-state index is 6.46. The van der Waals surface area contributed by atoms with Gasteiger partial charge in [0.2, 0.25) is 5.95 Å². The van der Waals surface area contributed by atoms with E-state index in [0.717, 1.165) is 11.1 Å². The minimum Gasteiger partial charge on any atom is -0.490 e. The van der Waals surface area contributed by atoms with E-state index in [1.807, 2.05) is 43.3 Å². The largest absolute Gasteiger partial charge is 0.490 e. The number of anilines is 1. The Balaban J connectivity index is 1.76. The Morgan fingerprint density at radius 3 is 2.67 bits per heavy atom. The summed E-state index contributed by atoms with van der Waals surface area (Å²) >= 11 is 12.5. The molecule has 0 aliphatic carbocycles. The molecule has 3 rings (SSSR count). The van der Waals surface area contributed by atoms with E-state index in [-0.39, 0.29) is 0 Å². The van der Waals surface area contributed by atoms with Crippen molar-refractivity contribution >= 4 is 29.2 Å². The van der Waals surface area contributed by atoms with Crippen LogP contribution < -0.4 is 14.8 Å². The highest BCUT2D eigenvalue weighted by Gasteiger charge is 2.14. The molecule has 0 spiro atoms. The highest BCUT2D eigenvalue weighted by atomic mass is 35.5. The number of nitrogens with one attached hydrogen (secondary N) is 1. The van der Waals surface area contributed by atoms with E-state index >= 15 is 0 Å². The van der Waals surface area contributed by atoms with Gasteiger partial charge in [-0.3, -0.25) is 0 Å². The maximum atomic E-state index is 6.46. The lowest BCUT2D eigenvalue weighted by atomic mass is 10.2. The lowest BCUT2D eigenvalue weighted by molar-refractivity contribution is 0.269. The van der Waals surface area contributed by atoms with Gasteiger partial charge in [0.1, 0.15) is 6.61 Å². The third kappa shape index (κ3) is 5.02. The van der Waals surface area contributed by atoms with Gasteiger partial charge in [0, 0.05) is 18.6 Å². The van der Waals surface area contributed by atoms with Gasteiger partial charge in [0.25, 0.3) is 0 Å². The summed E-state index contributed by atoms with van der Waals surface area (Å²) in [7, 11) is 1.76. The van der Waals surface area contributed by atoms with Gasteiger partial charge < -0.3 is 14.8 Å². The summed E-state index contributed by atoms with van der Waals surface area (Å²) in [5.74, 6) is 1.65. The molecule has 0 atom stereocenters. The number of rotatable bonds is 8. The molecule has 0 radical (unpaired) electrons. The maximum Gasteiger partial charge on any atom is 0.242 e. The summed E-state index contributed by atoms with van der Waals surface area (Å²) in [6.45, 7) is 3.23. The van der Waals surface area contributed by atoms with E-state index in [1.54, 1.807) is 11.7 Å². The van der Waals surface area contributed by atoms with Crippen molar-refractivity contribution in [3.05, 3.63) is 57.6 Å². The lowest BCUT2D eigenvalue weighted by Crippen LogP contribution is -2.07. The van der Waals surface area contributed by atoms with Gasteiger partial charge in [-0.15, -0.1) is 0 Å². The Morgan fingerprint density at radius 2 is 1.96 bits per heavy atom. The van der Waals surface area contributed by atoms with Crippen LogP contribution in [-0.2, 0) is 20.2 Å². The first-order chi connectivity index (χ1) is 13.1. The number of hydrogen-bond donors (Lipinski definition) is 1. The topological polar surface area (TPSA) is 74.1 Å². The van der Waals surface area contributed by atoms with Crippen LogP contribution in [0, 0.1) is 0 Å². The summed E-state index contributed by atoms with van der Waals surface area (Å²) in [4.78, 5) is 0.